The Balaban J connectivity index is 1.81. The molecular weight excluding hydrogens is 305 g/mol. The van der Waals surface area contributed by atoms with E-state index in [4.69, 9.17) is 0 Å². The first-order chi connectivity index (χ1) is 11.6. The van der Waals surface area contributed by atoms with E-state index in [-0.39, 0.29) is 18.3 Å². The zero-order valence-electron chi connectivity index (χ0n) is 14.2. The van der Waals surface area contributed by atoms with Crippen molar-refractivity contribution in [1.29, 1.82) is 0 Å². The fourth-order valence-electron chi connectivity index (χ4n) is 2.50. The first kappa shape index (κ1) is 17.9. The smallest absolute Gasteiger partial charge is 0.238 e. The molecule has 4 nitrogen and oxygen atoms in total. The van der Waals surface area contributed by atoms with Crippen molar-refractivity contribution in [1.82, 2.24) is 5.32 Å². The van der Waals surface area contributed by atoms with Crippen LogP contribution in [0, 0.1) is 5.82 Å². The van der Waals surface area contributed by atoms with Crippen molar-refractivity contribution in [3.63, 3.8) is 0 Å². The van der Waals surface area contributed by atoms with Gasteiger partial charge in [0, 0.05) is 36.6 Å². The normalized spacial score (nSPS) is 10.5. The number of anilines is 2. The fourth-order valence-corrected chi connectivity index (χ4v) is 2.50. The maximum atomic E-state index is 13.5. The second kappa shape index (κ2) is 9.03. The van der Waals surface area contributed by atoms with E-state index in [9.17, 15) is 9.18 Å². The number of benzene rings is 2. The molecule has 0 spiro atoms. The van der Waals surface area contributed by atoms with E-state index in [1.54, 1.807) is 18.2 Å². The molecule has 2 aromatic carbocycles. The Morgan fingerprint density at radius 3 is 2.33 bits per heavy atom. The summed E-state index contributed by atoms with van der Waals surface area (Å²) < 4.78 is 13.5. The summed E-state index contributed by atoms with van der Waals surface area (Å²) in [4.78, 5) is 14.2. The fraction of sp³-hybridized carbons (Fsp3) is 0.316. The minimum atomic E-state index is -0.266. The summed E-state index contributed by atoms with van der Waals surface area (Å²) in [5.74, 6) is -0.417. The van der Waals surface area contributed by atoms with E-state index in [0.717, 1.165) is 24.5 Å². The molecule has 0 saturated carbocycles. The maximum Gasteiger partial charge on any atom is 0.238 e. The number of nitrogens with zero attached hydrogens (tertiary/aromatic N) is 1. The van der Waals surface area contributed by atoms with Gasteiger partial charge in [0.15, 0.2) is 0 Å². The van der Waals surface area contributed by atoms with E-state index < -0.39 is 0 Å². The van der Waals surface area contributed by atoms with Gasteiger partial charge in [-0.2, -0.15) is 0 Å². The molecule has 2 rings (SSSR count). The lowest BCUT2D eigenvalue weighted by molar-refractivity contribution is -0.115. The second-order valence-electron chi connectivity index (χ2n) is 5.46. The molecule has 0 bridgehead atoms. The van der Waals surface area contributed by atoms with Crippen LogP contribution in [0.25, 0.3) is 0 Å². The van der Waals surface area contributed by atoms with Crippen LogP contribution >= 0.6 is 0 Å². The Morgan fingerprint density at radius 1 is 1.04 bits per heavy atom. The van der Waals surface area contributed by atoms with E-state index in [2.05, 4.69) is 29.4 Å². The van der Waals surface area contributed by atoms with Crippen molar-refractivity contribution in [3.05, 3.63) is 59.9 Å². The molecule has 0 saturated heterocycles. The third-order valence-electron chi connectivity index (χ3n) is 3.84. The van der Waals surface area contributed by atoms with Crippen LogP contribution in [-0.2, 0) is 11.3 Å². The molecule has 0 radical (unpaired) electrons. The van der Waals surface area contributed by atoms with Gasteiger partial charge in [-0.25, -0.2) is 4.39 Å². The highest BCUT2D eigenvalue weighted by Crippen LogP contribution is 2.17. The monoisotopic (exact) mass is 329 g/mol. The topological polar surface area (TPSA) is 44.4 Å². The third-order valence-corrected chi connectivity index (χ3v) is 3.84. The van der Waals surface area contributed by atoms with Gasteiger partial charge in [-0.1, -0.05) is 18.2 Å². The van der Waals surface area contributed by atoms with E-state index in [0.29, 0.717) is 12.1 Å². The molecule has 0 aromatic heterocycles. The van der Waals surface area contributed by atoms with E-state index in [1.807, 2.05) is 24.3 Å². The van der Waals surface area contributed by atoms with Gasteiger partial charge in [0.2, 0.25) is 5.91 Å². The van der Waals surface area contributed by atoms with Crippen LogP contribution in [0.5, 0.6) is 0 Å². The predicted octanol–water partition coefficient (Wildman–Crippen LogP) is 3.40. The number of nitrogens with one attached hydrogen (secondary N) is 2. The molecule has 0 aliphatic heterocycles. The van der Waals surface area contributed by atoms with Crippen LogP contribution in [0.4, 0.5) is 15.8 Å². The molecule has 0 aliphatic rings. The molecule has 5 heteroatoms. The Morgan fingerprint density at radius 2 is 1.71 bits per heavy atom. The first-order valence-corrected chi connectivity index (χ1v) is 8.23. The van der Waals surface area contributed by atoms with Gasteiger partial charge in [0.25, 0.3) is 0 Å². The second-order valence-corrected chi connectivity index (χ2v) is 5.46. The maximum absolute atomic E-state index is 13.5. The minimum absolute atomic E-state index is 0.131. The molecule has 0 heterocycles. The Bertz CT molecular complexity index is 654. The summed E-state index contributed by atoms with van der Waals surface area (Å²) in [6.07, 6.45) is 0. The van der Waals surface area contributed by atoms with Crippen LogP contribution in [0.2, 0.25) is 0 Å². The van der Waals surface area contributed by atoms with Crippen molar-refractivity contribution in [2.75, 3.05) is 29.9 Å². The predicted molar refractivity (Wildman–Crippen MR) is 96.7 cm³/mol. The number of rotatable bonds is 8. The summed E-state index contributed by atoms with van der Waals surface area (Å²) in [5.41, 5.74) is 2.44. The molecule has 2 N–H and O–H groups in total. The minimum Gasteiger partial charge on any atom is -0.372 e. The average molecular weight is 329 g/mol. The lowest BCUT2D eigenvalue weighted by atomic mass is 10.2. The summed E-state index contributed by atoms with van der Waals surface area (Å²) in [7, 11) is 0. The van der Waals surface area contributed by atoms with Gasteiger partial charge in [-0.3, -0.25) is 4.79 Å². The van der Waals surface area contributed by atoms with Crippen LogP contribution < -0.4 is 15.5 Å². The standard InChI is InChI=1S/C19H24FN3O/c1-3-23(4-2)17-11-9-16(10-12-17)22-19(24)14-21-13-15-7-5-6-8-18(15)20/h5-12,21H,3-4,13-14H2,1-2H3,(H,22,24). The van der Waals surface area contributed by atoms with Crippen molar-refractivity contribution in [2.24, 2.45) is 0 Å². The summed E-state index contributed by atoms with van der Waals surface area (Å²) in [6, 6.07) is 14.3. The van der Waals surface area contributed by atoms with Crippen LogP contribution in [-0.4, -0.2) is 25.5 Å². The SMILES string of the molecule is CCN(CC)c1ccc(NC(=O)CNCc2ccccc2F)cc1. The summed E-state index contributed by atoms with van der Waals surface area (Å²) in [6.45, 7) is 6.57. The highest BCUT2D eigenvalue weighted by molar-refractivity contribution is 5.92. The van der Waals surface area contributed by atoms with Gasteiger partial charge >= 0.3 is 0 Å². The number of hydrogen-bond donors (Lipinski definition) is 2. The van der Waals surface area contributed by atoms with Crippen LogP contribution in [0.3, 0.4) is 0 Å². The van der Waals surface area contributed by atoms with Gasteiger partial charge in [0.05, 0.1) is 6.54 Å². The molecule has 0 unspecified atom stereocenters. The van der Waals surface area contributed by atoms with Gasteiger partial charge < -0.3 is 15.5 Å². The Labute approximate surface area is 142 Å². The van der Waals surface area contributed by atoms with Crippen molar-refractivity contribution >= 4 is 17.3 Å². The largest absolute Gasteiger partial charge is 0.372 e. The first-order valence-electron chi connectivity index (χ1n) is 8.23. The lowest BCUT2D eigenvalue weighted by Crippen LogP contribution is -2.28. The quantitative estimate of drug-likeness (QED) is 0.780. The van der Waals surface area contributed by atoms with Crippen molar-refractivity contribution in [3.8, 4) is 0 Å². The average Bonchev–Trinajstić information content (AvgIpc) is 2.59. The Kier molecular flexibility index (Phi) is 6.75. The number of halogens is 1. The molecule has 0 aliphatic carbocycles. The van der Waals surface area contributed by atoms with E-state index in [1.165, 1.54) is 6.07 Å². The molecule has 24 heavy (non-hydrogen) atoms. The highest BCUT2D eigenvalue weighted by Gasteiger charge is 2.05. The molecule has 2 aromatic rings. The Hall–Kier alpha value is -2.40. The molecular formula is C19H24FN3O. The molecule has 128 valence electrons. The highest BCUT2D eigenvalue weighted by atomic mass is 19.1. The number of hydrogen-bond acceptors (Lipinski definition) is 3. The number of carbonyl (C=O) groups is 1. The van der Waals surface area contributed by atoms with Gasteiger partial charge in [-0.05, 0) is 44.2 Å². The van der Waals surface area contributed by atoms with Gasteiger partial charge in [0.1, 0.15) is 5.82 Å². The van der Waals surface area contributed by atoms with Crippen molar-refractivity contribution < 1.29 is 9.18 Å². The van der Waals surface area contributed by atoms with Crippen LogP contribution in [0.15, 0.2) is 48.5 Å². The molecule has 0 atom stereocenters. The third kappa shape index (κ3) is 5.06. The zero-order chi connectivity index (χ0) is 17.4. The lowest BCUT2D eigenvalue weighted by Gasteiger charge is -2.21. The van der Waals surface area contributed by atoms with E-state index >= 15 is 0 Å². The zero-order valence-corrected chi connectivity index (χ0v) is 14.2. The molecule has 1 amide bonds. The number of carbonyl (C=O) groups excluding carboxylic acids is 1. The molecule has 0 fully saturated rings. The number of amides is 1. The summed E-state index contributed by atoms with van der Waals surface area (Å²) in [5, 5.41) is 5.78. The van der Waals surface area contributed by atoms with Crippen molar-refractivity contribution in [2.45, 2.75) is 20.4 Å². The van der Waals surface area contributed by atoms with Crippen LogP contribution in [0.1, 0.15) is 19.4 Å². The van der Waals surface area contributed by atoms with Gasteiger partial charge in [-0.15, -0.1) is 0 Å². The summed E-state index contributed by atoms with van der Waals surface area (Å²) >= 11 is 0.